The lowest BCUT2D eigenvalue weighted by molar-refractivity contribution is 0.478. The first-order chi connectivity index (χ1) is 7.02. The van der Waals surface area contributed by atoms with Gasteiger partial charge in [0.05, 0.1) is 16.8 Å². The summed E-state index contributed by atoms with van der Waals surface area (Å²) in [7, 11) is -6.42. The number of hydrogen-bond donors (Lipinski definition) is 1. The predicted molar refractivity (Wildman–Crippen MR) is 63.5 cm³/mol. The first-order valence-electron chi connectivity index (χ1n) is 5.25. The minimum Gasteiger partial charge on any atom is -0.229 e. The maximum Gasteiger partial charge on any atom is 0.215 e. The van der Waals surface area contributed by atoms with E-state index in [1.54, 1.807) is 20.8 Å². The fourth-order valence-electron chi connectivity index (χ4n) is 1.69. The van der Waals surface area contributed by atoms with E-state index in [1.165, 1.54) is 0 Å². The molecule has 1 fully saturated rings. The quantitative estimate of drug-likeness (QED) is 0.781. The maximum atomic E-state index is 11.9. The van der Waals surface area contributed by atoms with Gasteiger partial charge in [0.2, 0.25) is 10.0 Å². The largest absolute Gasteiger partial charge is 0.229 e. The van der Waals surface area contributed by atoms with Crippen LogP contribution in [0, 0.1) is 0 Å². The first kappa shape index (κ1) is 13.9. The summed E-state index contributed by atoms with van der Waals surface area (Å²) in [4.78, 5) is 0. The SMILES string of the molecule is CC(C)(C)NS(=O)(=O)C1CCS(=O)(=O)CC1. The highest BCUT2D eigenvalue weighted by atomic mass is 32.2. The zero-order valence-electron chi connectivity index (χ0n) is 9.86. The van der Waals surface area contributed by atoms with Crippen LogP contribution in [0.25, 0.3) is 0 Å². The third-order valence-corrected chi connectivity index (χ3v) is 6.35. The fourth-order valence-corrected chi connectivity index (χ4v) is 5.36. The first-order valence-corrected chi connectivity index (χ1v) is 8.62. The predicted octanol–water partition coefficient (Wildman–Crippen LogP) is 0.282. The Kier molecular flexibility index (Phi) is 3.71. The molecule has 1 aliphatic heterocycles. The van der Waals surface area contributed by atoms with Gasteiger partial charge in [0.15, 0.2) is 0 Å². The Hall–Kier alpha value is -0.140. The summed E-state index contributed by atoms with van der Waals surface area (Å²) in [6.07, 6.45) is 0.404. The molecule has 0 aliphatic carbocycles. The van der Waals surface area contributed by atoms with Gasteiger partial charge in [0.25, 0.3) is 0 Å². The van der Waals surface area contributed by atoms with E-state index in [1.807, 2.05) is 0 Å². The van der Waals surface area contributed by atoms with E-state index < -0.39 is 30.6 Å². The molecule has 0 aromatic rings. The van der Waals surface area contributed by atoms with Gasteiger partial charge in [0, 0.05) is 5.54 Å². The monoisotopic (exact) mass is 269 g/mol. The van der Waals surface area contributed by atoms with E-state index in [4.69, 9.17) is 0 Å². The van der Waals surface area contributed by atoms with Crippen molar-refractivity contribution in [2.45, 2.75) is 44.4 Å². The summed E-state index contributed by atoms with van der Waals surface area (Å²) in [5.74, 6) is -0.0502. The van der Waals surface area contributed by atoms with Crippen LogP contribution >= 0.6 is 0 Å². The Bertz CT molecular complexity index is 430. The van der Waals surface area contributed by atoms with Gasteiger partial charge in [-0.2, -0.15) is 0 Å². The molecule has 1 aliphatic rings. The fraction of sp³-hybridized carbons (Fsp3) is 1.00. The molecule has 0 amide bonds. The molecule has 0 bridgehead atoms. The van der Waals surface area contributed by atoms with Crippen LogP contribution in [0.3, 0.4) is 0 Å². The highest BCUT2D eigenvalue weighted by Crippen LogP contribution is 2.20. The second-order valence-corrected chi connectivity index (χ2v) is 9.51. The summed E-state index contributed by atoms with van der Waals surface area (Å²) < 4.78 is 48.8. The van der Waals surface area contributed by atoms with Crippen LogP contribution in [0.1, 0.15) is 33.6 Å². The van der Waals surface area contributed by atoms with Crippen molar-refractivity contribution in [1.29, 1.82) is 0 Å². The average Bonchev–Trinajstić information content (AvgIpc) is 1.98. The second kappa shape index (κ2) is 4.27. The van der Waals surface area contributed by atoms with Crippen LogP contribution in [-0.2, 0) is 19.9 Å². The van der Waals surface area contributed by atoms with Crippen LogP contribution in [-0.4, -0.2) is 39.1 Å². The van der Waals surface area contributed by atoms with Crippen molar-refractivity contribution in [3.8, 4) is 0 Å². The molecular formula is C9H19NO4S2. The Morgan fingerprint density at radius 1 is 1.12 bits per heavy atom. The van der Waals surface area contributed by atoms with Crippen molar-refractivity contribution in [3.63, 3.8) is 0 Å². The lowest BCUT2D eigenvalue weighted by Crippen LogP contribution is -2.47. The van der Waals surface area contributed by atoms with Gasteiger partial charge in [-0.05, 0) is 33.6 Å². The van der Waals surface area contributed by atoms with Gasteiger partial charge in [-0.3, -0.25) is 0 Å². The van der Waals surface area contributed by atoms with Gasteiger partial charge in [-0.15, -0.1) is 0 Å². The van der Waals surface area contributed by atoms with E-state index in [9.17, 15) is 16.8 Å². The summed E-state index contributed by atoms with van der Waals surface area (Å²) in [5.41, 5.74) is -0.519. The summed E-state index contributed by atoms with van der Waals surface area (Å²) >= 11 is 0. The summed E-state index contributed by atoms with van der Waals surface area (Å²) in [5, 5.41) is -0.574. The van der Waals surface area contributed by atoms with Crippen LogP contribution in [0.5, 0.6) is 0 Å². The zero-order valence-corrected chi connectivity index (χ0v) is 11.5. The highest BCUT2D eigenvalue weighted by molar-refractivity contribution is 7.92. The lowest BCUT2D eigenvalue weighted by Gasteiger charge is -2.27. The van der Waals surface area contributed by atoms with Crippen molar-refractivity contribution in [1.82, 2.24) is 4.72 Å². The van der Waals surface area contributed by atoms with Gasteiger partial charge >= 0.3 is 0 Å². The van der Waals surface area contributed by atoms with E-state index in [2.05, 4.69) is 4.72 Å². The topological polar surface area (TPSA) is 80.3 Å². The van der Waals surface area contributed by atoms with Crippen molar-refractivity contribution < 1.29 is 16.8 Å². The number of hydrogen-bond acceptors (Lipinski definition) is 4. The molecule has 0 aromatic heterocycles. The minimum absolute atomic E-state index is 0.0251. The Morgan fingerprint density at radius 3 is 1.94 bits per heavy atom. The van der Waals surface area contributed by atoms with Crippen LogP contribution < -0.4 is 4.72 Å². The smallest absolute Gasteiger partial charge is 0.215 e. The maximum absolute atomic E-state index is 11.9. The van der Waals surface area contributed by atoms with Crippen molar-refractivity contribution in [2.24, 2.45) is 0 Å². The van der Waals surface area contributed by atoms with E-state index in [-0.39, 0.29) is 24.3 Å². The van der Waals surface area contributed by atoms with Gasteiger partial charge < -0.3 is 0 Å². The normalized spacial score (nSPS) is 23.2. The Morgan fingerprint density at radius 2 is 1.56 bits per heavy atom. The molecule has 1 heterocycles. The molecule has 7 heteroatoms. The third kappa shape index (κ3) is 4.03. The minimum atomic E-state index is -3.41. The highest BCUT2D eigenvalue weighted by Gasteiger charge is 2.34. The number of sulfone groups is 1. The van der Waals surface area contributed by atoms with E-state index in [0.717, 1.165) is 0 Å². The average molecular weight is 269 g/mol. The van der Waals surface area contributed by atoms with Crippen LogP contribution in [0.2, 0.25) is 0 Å². The van der Waals surface area contributed by atoms with E-state index >= 15 is 0 Å². The van der Waals surface area contributed by atoms with Gasteiger partial charge in [0.1, 0.15) is 9.84 Å². The zero-order chi connectivity index (χ0) is 12.6. The standard InChI is InChI=1S/C9H19NO4S2/c1-9(2,3)10-16(13,14)8-4-6-15(11,12)7-5-8/h8,10H,4-7H2,1-3H3. The summed E-state index contributed by atoms with van der Waals surface area (Å²) in [6, 6.07) is 0. The van der Waals surface area contributed by atoms with Crippen molar-refractivity contribution >= 4 is 19.9 Å². The molecule has 0 saturated carbocycles. The molecule has 0 atom stereocenters. The molecule has 0 spiro atoms. The van der Waals surface area contributed by atoms with E-state index in [0.29, 0.717) is 0 Å². The van der Waals surface area contributed by atoms with Crippen LogP contribution in [0.4, 0.5) is 0 Å². The Labute approximate surface area is 97.6 Å². The molecule has 0 aromatic carbocycles. The molecule has 5 nitrogen and oxygen atoms in total. The molecule has 96 valence electrons. The third-order valence-electron chi connectivity index (χ3n) is 2.39. The molecule has 1 saturated heterocycles. The van der Waals surface area contributed by atoms with Gasteiger partial charge in [-0.1, -0.05) is 0 Å². The number of nitrogens with one attached hydrogen (secondary N) is 1. The number of sulfonamides is 1. The Balaban J connectivity index is 2.73. The van der Waals surface area contributed by atoms with Crippen molar-refractivity contribution in [2.75, 3.05) is 11.5 Å². The van der Waals surface area contributed by atoms with Crippen molar-refractivity contribution in [3.05, 3.63) is 0 Å². The molecular weight excluding hydrogens is 250 g/mol. The molecule has 16 heavy (non-hydrogen) atoms. The van der Waals surface area contributed by atoms with Gasteiger partial charge in [-0.25, -0.2) is 21.6 Å². The number of rotatable bonds is 2. The molecule has 0 unspecified atom stereocenters. The second-order valence-electron chi connectivity index (χ2n) is 5.25. The lowest BCUT2D eigenvalue weighted by atomic mass is 10.1. The van der Waals surface area contributed by atoms with Crippen LogP contribution in [0.15, 0.2) is 0 Å². The summed E-state index contributed by atoms with van der Waals surface area (Å²) in [6.45, 7) is 5.30. The molecule has 1 N–H and O–H groups in total. The molecule has 1 rings (SSSR count). The molecule has 0 radical (unpaired) electrons.